The molecule has 0 spiro atoms. The standard InChI is InChI=1S/C25H28N4O2/c1-16-7-8-18(25-28-27-23-6-4-3-5-13-29(23)25)15-21(16)26-24(30)12-10-19-9-11-22(31-19)20-14-17(20)2/h7-12,15,17,20H,3-6,13-14H2,1-2H3,(H,26,30)/b12-10+. The monoisotopic (exact) mass is 416 g/mol. The predicted octanol–water partition coefficient (Wildman–Crippen LogP) is 5.35. The van der Waals surface area contributed by atoms with Gasteiger partial charge in [-0.05, 0) is 61.9 Å². The summed E-state index contributed by atoms with van der Waals surface area (Å²) in [4.78, 5) is 12.5. The number of furan rings is 1. The van der Waals surface area contributed by atoms with Crippen LogP contribution in [0, 0.1) is 12.8 Å². The average Bonchev–Trinajstić information content (AvgIpc) is 3.19. The Kier molecular flexibility index (Phi) is 5.22. The number of anilines is 1. The summed E-state index contributed by atoms with van der Waals surface area (Å²) in [5.74, 6) is 4.71. The maximum Gasteiger partial charge on any atom is 0.248 e. The highest BCUT2D eigenvalue weighted by atomic mass is 16.3. The van der Waals surface area contributed by atoms with Crippen molar-refractivity contribution in [3.63, 3.8) is 0 Å². The summed E-state index contributed by atoms with van der Waals surface area (Å²) in [6.45, 7) is 5.16. The third-order valence-corrected chi connectivity index (χ3v) is 6.38. The number of fused-ring (bicyclic) bond motifs is 1. The molecule has 6 nitrogen and oxygen atoms in total. The number of hydrogen-bond acceptors (Lipinski definition) is 4. The molecule has 1 aromatic carbocycles. The van der Waals surface area contributed by atoms with Crippen LogP contribution in [0.1, 0.15) is 61.4 Å². The molecule has 3 aromatic rings. The predicted molar refractivity (Wildman–Crippen MR) is 121 cm³/mol. The minimum absolute atomic E-state index is 0.182. The Hall–Kier alpha value is -3.15. The van der Waals surface area contributed by atoms with E-state index in [1.54, 1.807) is 6.08 Å². The van der Waals surface area contributed by atoms with Crippen molar-refractivity contribution in [3.8, 4) is 11.4 Å². The molecule has 1 aliphatic carbocycles. The minimum Gasteiger partial charge on any atom is -0.461 e. The van der Waals surface area contributed by atoms with Crippen molar-refractivity contribution in [2.45, 2.75) is 58.4 Å². The second-order valence-electron chi connectivity index (χ2n) is 8.81. The molecule has 5 rings (SSSR count). The summed E-state index contributed by atoms with van der Waals surface area (Å²) >= 11 is 0. The first-order valence-electron chi connectivity index (χ1n) is 11.2. The van der Waals surface area contributed by atoms with Crippen LogP contribution in [-0.2, 0) is 17.8 Å². The molecule has 3 heterocycles. The van der Waals surface area contributed by atoms with Gasteiger partial charge in [-0.25, -0.2) is 0 Å². The van der Waals surface area contributed by atoms with Gasteiger partial charge in [-0.1, -0.05) is 25.5 Å². The number of amides is 1. The van der Waals surface area contributed by atoms with Gasteiger partial charge in [0.25, 0.3) is 0 Å². The third-order valence-electron chi connectivity index (χ3n) is 6.38. The molecule has 1 fully saturated rings. The fourth-order valence-electron chi connectivity index (χ4n) is 4.30. The first-order valence-corrected chi connectivity index (χ1v) is 11.2. The molecule has 2 unspecified atom stereocenters. The van der Waals surface area contributed by atoms with Gasteiger partial charge in [-0.2, -0.15) is 0 Å². The molecule has 2 atom stereocenters. The smallest absolute Gasteiger partial charge is 0.248 e. The molecule has 31 heavy (non-hydrogen) atoms. The van der Waals surface area contributed by atoms with Crippen LogP contribution in [0.25, 0.3) is 17.5 Å². The first-order chi connectivity index (χ1) is 15.1. The highest BCUT2D eigenvalue weighted by molar-refractivity contribution is 6.02. The molecule has 160 valence electrons. The van der Waals surface area contributed by atoms with E-state index in [2.05, 4.69) is 27.0 Å². The zero-order valence-electron chi connectivity index (χ0n) is 18.1. The Balaban J connectivity index is 1.31. The number of carbonyl (C=O) groups excluding carboxylic acids is 1. The Labute approximate surface area is 182 Å². The summed E-state index contributed by atoms with van der Waals surface area (Å²) in [6.07, 6.45) is 8.94. The molecule has 0 saturated heterocycles. The largest absolute Gasteiger partial charge is 0.461 e. The number of aromatic nitrogens is 3. The molecular weight excluding hydrogens is 388 g/mol. The Morgan fingerprint density at radius 3 is 2.90 bits per heavy atom. The topological polar surface area (TPSA) is 73.0 Å². The zero-order chi connectivity index (χ0) is 21.4. The molecule has 6 heteroatoms. The molecule has 0 radical (unpaired) electrons. The van der Waals surface area contributed by atoms with Crippen LogP contribution in [0.2, 0.25) is 0 Å². The fraction of sp³-hybridized carbons (Fsp3) is 0.400. The van der Waals surface area contributed by atoms with Crippen molar-refractivity contribution in [2.24, 2.45) is 5.92 Å². The van der Waals surface area contributed by atoms with E-state index in [1.165, 1.54) is 18.9 Å². The zero-order valence-corrected chi connectivity index (χ0v) is 18.1. The van der Waals surface area contributed by atoms with Crippen molar-refractivity contribution in [3.05, 3.63) is 59.3 Å². The number of benzene rings is 1. The minimum atomic E-state index is -0.182. The van der Waals surface area contributed by atoms with Crippen LogP contribution in [0.5, 0.6) is 0 Å². The van der Waals surface area contributed by atoms with E-state index >= 15 is 0 Å². The first kappa shape index (κ1) is 19.8. The molecule has 1 saturated carbocycles. The Morgan fingerprint density at radius 1 is 1.19 bits per heavy atom. The van der Waals surface area contributed by atoms with Gasteiger partial charge < -0.3 is 14.3 Å². The molecule has 2 aliphatic rings. The van der Waals surface area contributed by atoms with Gasteiger partial charge >= 0.3 is 0 Å². The van der Waals surface area contributed by atoms with E-state index in [9.17, 15) is 4.79 Å². The molecule has 2 aromatic heterocycles. The lowest BCUT2D eigenvalue weighted by atomic mass is 10.1. The quantitative estimate of drug-likeness (QED) is 0.569. The van der Waals surface area contributed by atoms with Crippen LogP contribution in [0.4, 0.5) is 5.69 Å². The number of carbonyl (C=O) groups is 1. The fourth-order valence-corrected chi connectivity index (χ4v) is 4.30. The van der Waals surface area contributed by atoms with E-state index in [1.807, 2.05) is 37.3 Å². The van der Waals surface area contributed by atoms with E-state index < -0.39 is 0 Å². The Bertz CT molecular complexity index is 1140. The SMILES string of the molecule is Cc1ccc(-c2nnc3n2CCCCC3)cc1NC(=O)/C=C/c1ccc(C2CC2C)o1. The summed E-state index contributed by atoms with van der Waals surface area (Å²) in [6, 6.07) is 9.99. The van der Waals surface area contributed by atoms with Crippen molar-refractivity contribution in [2.75, 3.05) is 5.32 Å². The maximum atomic E-state index is 12.5. The van der Waals surface area contributed by atoms with E-state index in [0.717, 1.165) is 60.0 Å². The van der Waals surface area contributed by atoms with Crippen molar-refractivity contribution < 1.29 is 9.21 Å². The lowest BCUT2D eigenvalue weighted by Gasteiger charge is -2.11. The van der Waals surface area contributed by atoms with E-state index in [4.69, 9.17) is 4.42 Å². The third kappa shape index (κ3) is 4.20. The second-order valence-corrected chi connectivity index (χ2v) is 8.81. The van der Waals surface area contributed by atoms with Gasteiger partial charge in [-0.15, -0.1) is 10.2 Å². The van der Waals surface area contributed by atoms with E-state index in [-0.39, 0.29) is 5.91 Å². The molecule has 1 N–H and O–H groups in total. The number of rotatable bonds is 5. The van der Waals surface area contributed by atoms with Gasteiger partial charge in [0.1, 0.15) is 17.3 Å². The number of aryl methyl sites for hydroxylation is 2. The summed E-state index contributed by atoms with van der Waals surface area (Å²) in [5, 5.41) is 11.8. The number of nitrogens with zero attached hydrogens (tertiary/aromatic N) is 3. The van der Waals surface area contributed by atoms with Crippen LogP contribution in [0.15, 0.2) is 40.8 Å². The van der Waals surface area contributed by atoms with Crippen LogP contribution in [0.3, 0.4) is 0 Å². The molecule has 1 amide bonds. The maximum absolute atomic E-state index is 12.5. The van der Waals surface area contributed by atoms with Crippen LogP contribution >= 0.6 is 0 Å². The van der Waals surface area contributed by atoms with Gasteiger partial charge in [0.05, 0.1) is 0 Å². The molecule has 1 aliphatic heterocycles. The number of nitrogens with one attached hydrogen (secondary N) is 1. The normalized spacial score (nSPS) is 20.5. The van der Waals surface area contributed by atoms with Gasteiger partial charge in [0.2, 0.25) is 5.91 Å². The average molecular weight is 417 g/mol. The Morgan fingerprint density at radius 2 is 2.06 bits per heavy atom. The highest BCUT2D eigenvalue weighted by Crippen LogP contribution is 2.47. The summed E-state index contributed by atoms with van der Waals surface area (Å²) in [5.41, 5.74) is 2.76. The molecular formula is C25H28N4O2. The van der Waals surface area contributed by atoms with E-state index in [0.29, 0.717) is 17.6 Å². The van der Waals surface area contributed by atoms with Gasteiger partial charge in [0, 0.05) is 36.2 Å². The van der Waals surface area contributed by atoms with Gasteiger partial charge in [0.15, 0.2) is 5.82 Å². The highest BCUT2D eigenvalue weighted by Gasteiger charge is 2.36. The molecule has 0 bridgehead atoms. The van der Waals surface area contributed by atoms with Gasteiger partial charge in [-0.3, -0.25) is 4.79 Å². The van der Waals surface area contributed by atoms with Crippen molar-refractivity contribution in [1.82, 2.24) is 14.8 Å². The van der Waals surface area contributed by atoms with Crippen molar-refractivity contribution >= 4 is 17.7 Å². The summed E-state index contributed by atoms with van der Waals surface area (Å²) in [7, 11) is 0. The van der Waals surface area contributed by atoms with Crippen LogP contribution in [-0.4, -0.2) is 20.7 Å². The lowest BCUT2D eigenvalue weighted by molar-refractivity contribution is -0.111. The summed E-state index contributed by atoms with van der Waals surface area (Å²) < 4.78 is 8.07. The van der Waals surface area contributed by atoms with Crippen LogP contribution < -0.4 is 5.32 Å². The lowest BCUT2D eigenvalue weighted by Crippen LogP contribution is -2.09. The van der Waals surface area contributed by atoms with Crippen molar-refractivity contribution in [1.29, 1.82) is 0 Å². The number of hydrogen-bond donors (Lipinski definition) is 1. The second kappa shape index (κ2) is 8.17.